The fourth-order valence-corrected chi connectivity index (χ4v) is 2.70. The summed E-state index contributed by atoms with van der Waals surface area (Å²) in [7, 11) is 3.58. The zero-order valence-electron chi connectivity index (χ0n) is 10.9. The summed E-state index contributed by atoms with van der Waals surface area (Å²) in [6, 6.07) is 10.5. The van der Waals surface area contributed by atoms with E-state index in [1.807, 2.05) is 19.2 Å². The molecule has 0 aliphatic carbocycles. The molecule has 1 unspecified atom stereocenters. The average molecular weight is 369 g/mol. The van der Waals surface area contributed by atoms with Gasteiger partial charge in [-0.05, 0) is 41.3 Å². The van der Waals surface area contributed by atoms with E-state index in [2.05, 4.69) is 56.1 Å². The van der Waals surface area contributed by atoms with Crippen molar-refractivity contribution in [1.82, 2.24) is 15.3 Å². The van der Waals surface area contributed by atoms with Gasteiger partial charge in [-0.3, -0.25) is 0 Å². The van der Waals surface area contributed by atoms with Crippen molar-refractivity contribution in [3.8, 4) is 5.88 Å². The number of nitrogens with one attached hydrogen (secondary N) is 1. The van der Waals surface area contributed by atoms with Crippen molar-refractivity contribution in [3.63, 3.8) is 0 Å². The molecule has 0 bridgehead atoms. The van der Waals surface area contributed by atoms with Crippen molar-refractivity contribution in [2.75, 3.05) is 14.2 Å². The molecule has 0 aliphatic heterocycles. The summed E-state index contributed by atoms with van der Waals surface area (Å²) in [6.07, 6.45) is 2.34. The van der Waals surface area contributed by atoms with E-state index in [0.717, 1.165) is 12.1 Å². The van der Waals surface area contributed by atoms with Gasteiger partial charge in [-0.1, -0.05) is 18.2 Å². The lowest BCUT2D eigenvalue weighted by Gasteiger charge is -2.17. The molecule has 19 heavy (non-hydrogen) atoms. The van der Waals surface area contributed by atoms with E-state index in [9.17, 15) is 0 Å². The second-order valence-electron chi connectivity index (χ2n) is 4.12. The van der Waals surface area contributed by atoms with Crippen LogP contribution in [0.5, 0.6) is 5.88 Å². The van der Waals surface area contributed by atoms with Crippen molar-refractivity contribution < 1.29 is 4.74 Å². The number of likely N-dealkylation sites (N-methyl/N-ethyl adjacent to an activating group) is 1. The largest absolute Gasteiger partial charge is 0.481 e. The molecule has 0 radical (unpaired) electrons. The van der Waals surface area contributed by atoms with Crippen LogP contribution in [-0.4, -0.2) is 24.1 Å². The fraction of sp³-hybridized carbons (Fsp3) is 0.286. The van der Waals surface area contributed by atoms with Gasteiger partial charge >= 0.3 is 0 Å². The fourth-order valence-electron chi connectivity index (χ4n) is 1.93. The molecule has 0 aliphatic rings. The number of aromatic nitrogens is 2. The van der Waals surface area contributed by atoms with Crippen molar-refractivity contribution >= 4 is 22.6 Å². The number of hydrogen-bond donors (Lipinski definition) is 1. The van der Waals surface area contributed by atoms with Crippen LogP contribution in [-0.2, 0) is 6.42 Å². The lowest BCUT2D eigenvalue weighted by molar-refractivity contribution is 0.395. The Kier molecular flexibility index (Phi) is 5.09. The van der Waals surface area contributed by atoms with Crippen LogP contribution in [0.1, 0.15) is 17.3 Å². The number of ether oxygens (including phenoxy) is 1. The molecule has 0 spiro atoms. The van der Waals surface area contributed by atoms with Gasteiger partial charge in [-0.25, -0.2) is 9.97 Å². The first kappa shape index (κ1) is 14.2. The van der Waals surface area contributed by atoms with Crippen LogP contribution < -0.4 is 10.1 Å². The number of hydrogen-bond acceptors (Lipinski definition) is 4. The third-order valence-corrected chi connectivity index (χ3v) is 3.93. The minimum absolute atomic E-state index is 0.229. The topological polar surface area (TPSA) is 47.0 Å². The summed E-state index contributed by atoms with van der Waals surface area (Å²) in [4.78, 5) is 8.32. The first-order valence-corrected chi connectivity index (χ1v) is 7.09. The maximum Gasteiger partial charge on any atom is 0.216 e. The standard InChI is InChI=1S/C14H16IN3O/c1-16-13(11-5-3-4-6-12(11)15)7-10-8-14(19-2)18-9-17-10/h3-6,8-9,13,16H,7H2,1-2H3. The third kappa shape index (κ3) is 3.63. The number of nitrogens with zero attached hydrogens (tertiary/aromatic N) is 2. The molecular weight excluding hydrogens is 353 g/mol. The van der Waals surface area contributed by atoms with Gasteiger partial charge in [0.2, 0.25) is 5.88 Å². The second-order valence-corrected chi connectivity index (χ2v) is 5.28. The molecule has 1 aromatic heterocycles. The highest BCUT2D eigenvalue weighted by Gasteiger charge is 2.14. The Bertz CT molecular complexity index is 548. The summed E-state index contributed by atoms with van der Waals surface area (Å²) in [6.45, 7) is 0. The Labute approximate surface area is 126 Å². The molecule has 0 saturated carbocycles. The van der Waals surface area contributed by atoms with Crippen molar-refractivity contribution in [2.45, 2.75) is 12.5 Å². The normalized spacial score (nSPS) is 12.2. The molecule has 1 N–H and O–H groups in total. The zero-order valence-corrected chi connectivity index (χ0v) is 13.1. The molecule has 2 aromatic rings. The maximum atomic E-state index is 5.13. The van der Waals surface area contributed by atoms with Crippen molar-refractivity contribution in [1.29, 1.82) is 0 Å². The Hall–Kier alpha value is -1.21. The minimum Gasteiger partial charge on any atom is -0.481 e. The molecule has 100 valence electrons. The zero-order chi connectivity index (χ0) is 13.7. The van der Waals surface area contributed by atoms with Gasteiger partial charge < -0.3 is 10.1 Å². The van der Waals surface area contributed by atoms with Crippen molar-refractivity contribution in [3.05, 3.63) is 51.5 Å². The number of rotatable bonds is 5. The lowest BCUT2D eigenvalue weighted by Crippen LogP contribution is -2.20. The minimum atomic E-state index is 0.229. The van der Waals surface area contributed by atoms with E-state index >= 15 is 0 Å². The van der Waals surface area contributed by atoms with Gasteiger partial charge in [0.25, 0.3) is 0 Å². The smallest absolute Gasteiger partial charge is 0.216 e. The maximum absolute atomic E-state index is 5.13. The van der Waals surface area contributed by atoms with E-state index in [4.69, 9.17) is 4.74 Å². The third-order valence-electron chi connectivity index (χ3n) is 2.95. The number of benzene rings is 1. The summed E-state index contributed by atoms with van der Waals surface area (Å²) in [5.41, 5.74) is 2.24. The van der Waals surface area contributed by atoms with E-state index in [-0.39, 0.29) is 6.04 Å². The van der Waals surface area contributed by atoms with Crippen LogP contribution >= 0.6 is 22.6 Å². The quantitative estimate of drug-likeness (QED) is 0.824. The van der Waals surface area contributed by atoms with Crippen LogP contribution in [0.15, 0.2) is 36.7 Å². The molecule has 1 atom stereocenters. The summed E-state index contributed by atoms with van der Waals surface area (Å²) in [5.74, 6) is 0.600. The van der Waals surface area contributed by atoms with E-state index in [1.54, 1.807) is 7.11 Å². The molecule has 1 aromatic carbocycles. The van der Waals surface area contributed by atoms with E-state index in [1.165, 1.54) is 15.5 Å². The first-order valence-electron chi connectivity index (χ1n) is 6.01. The number of halogens is 1. The van der Waals surface area contributed by atoms with Crippen LogP contribution in [0.4, 0.5) is 0 Å². The van der Waals surface area contributed by atoms with Crippen molar-refractivity contribution in [2.24, 2.45) is 0 Å². The molecular formula is C14H16IN3O. The molecule has 2 rings (SSSR count). The van der Waals surface area contributed by atoms with Gasteiger partial charge in [0.05, 0.1) is 7.11 Å². The summed E-state index contributed by atoms with van der Waals surface area (Å²) < 4.78 is 6.38. The molecule has 5 heteroatoms. The lowest BCUT2D eigenvalue weighted by atomic mass is 10.0. The monoisotopic (exact) mass is 369 g/mol. The predicted molar refractivity (Wildman–Crippen MR) is 83.2 cm³/mol. The van der Waals surface area contributed by atoms with Gasteiger partial charge in [-0.2, -0.15) is 0 Å². The molecule has 4 nitrogen and oxygen atoms in total. The van der Waals surface area contributed by atoms with Crippen LogP contribution in [0.2, 0.25) is 0 Å². The van der Waals surface area contributed by atoms with Gasteiger partial charge in [0.1, 0.15) is 6.33 Å². The van der Waals surface area contributed by atoms with Crippen LogP contribution in [0.3, 0.4) is 0 Å². The Morgan fingerprint density at radius 3 is 2.79 bits per heavy atom. The van der Waals surface area contributed by atoms with Gasteiger partial charge in [-0.15, -0.1) is 0 Å². The second kappa shape index (κ2) is 6.81. The predicted octanol–water partition coefficient (Wildman–Crippen LogP) is 2.59. The highest BCUT2D eigenvalue weighted by Crippen LogP contribution is 2.23. The Balaban J connectivity index is 2.21. The molecule has 0 saturated heterocycles. The molecule has 1 heterocycles. The van der Waals surface area contributed by atoms with Crippen LogP contribution in [0, 0.1) is 3.57 Å². The first-order chi connectivity index (χ1) is 9.24. The van der Waals surface area contributed by atoms with E-state index < -0.39 is 0 Å². The summed E-state index contributed by atoms with van der Waals surface area (Å²) in [5, 5.41) is 3.34. The Morgan fingerprint density at radius 1 is 1.32 bits per heavy atom. The molecule has 0 amide bonds. The highest BCUT2D eigenvalue weighted by atomic mass is 127. The number of methoxy groups -OCH3 is 1. The van der Waals surface area contributed by atoms with E-state index in [0.29, 0.717) is 5.88 Å². The molecule has 0 fully saturated rings. The highest BCUT2D eigenvalue weighted by molar-refractivity contribution is 14.1. The average Bonchev–Trinajstić information content (AvgIpc) is 2.46. The van der Waals surface area contributed by atoms with Crippen LogP contribution in [0.25, 0.3) is 0 Å². The van der Waals surface area contributed by atoms with Gasteiger partial charge in [0, 0.05) is 27.8 Å². The van der Waals surface area contributed by atoms with Gasteiger partial charge in [0.15, 0.2) is 0 Å². The summed E-state index contributed by atoms with van der Waals surface area (Å²) >= 11 is 2.36. The Morgan fingerprint density at radius 2 is 2.11 bits per heavy atom. The SMILES string of the molecule is CNC(Cc1cc(OC)ncn1)c1ccccc1I.